The fourth-order valence-corrected chi connectivity index (χ4v) is 1.67. The zero-order valence-corrected chi connectivity index (χ0v) is 8.26. The van der Waals surface area contributed by atoms with Crippen molar-refractivity contribution < 1.29 is 4.52 Å². The van der Waals surface area contributed by atoms with Gasteiger partial charge in [0.15, 0.2) is 0 Å². The first-order chi connectivity index (χ1) is 7.43. The lowest BCUT2D eigenvalue weighted by Gasteiger charge is -2.20. The van der Waals surface area contributed by atoms with Crippen LogP contribution in [-0.2, 0) is 0 Å². The van der Waals surface area contributed by atoms with Crippen LogP contribution in [0.15, 0.2) is 29.0 Å². The van der Waals surface area contributed by atoms with E-state index in [2.05, 4.69) is 15.1 Å². The number of hydrogen-bond acceptors (Lipinski definition) is 4. The molecular weight excluding hydrogens is 190 g/mol. The van der Waals surface area contributed by atoms with Gasteiger partial charge < -0.3 is 4.52 Å². The van der Waals surface area contributed by atoms with E-state index in [9.17, 15) is 0 Å². The molecule has 15 heavy (non-hydrogen) atoms. The Labute approximate surface area is 87.3 Å². The van der Waals surface area contributed by atoms with Crippen molar-refractivity contribution in [2.45, 2.75) is 25.2 Å². The Morgan fingerprint density at radius 3 is 2.67 bits per heavy atom. The third-order valence-corrected chi connectivity index (χ3v) is 2.83. The maximum atomic E-state index is 5.24. The Morgan fingerprint density at radius 2 is 2.00 bits per heavy atom. The van der Waals surface area contributed by atoms with Crippen molar-refractivity contribution in [2.24, 2.45) is 0 Å². The average molecular weight is 201 g/mol. The first-order valence-corrected chi connectivity index (χ1v) is 5.17. The fourth-order valence-electron chi connectivity index (χ4n) is 1.67. The van der Waals surface area contributed by atoms with E-state index in [1.54, 1.807) is 12.4 Å². The van der Waals surface area contributed by atoms with Crippen LogP contribution in [0.1, 0.15) is 31.1 Å². The van der Waals surface area contributed by atoms with Crippen LogP contribution in [0.5, 0.6) is 0 Å². The lowest BCUT2D eigenvalue weighted by Crippen LogP contribution is -2.08. The van der Waals surface area contributed by atoms with Gasteiger partial charge >= 0.3 is 0 Å². The molecule has 3 rings (SSSR count). The van der Waals surface area contributed by atoms with Crippen molar-refractivity contribution in [1.82, 2.24) is 15.1 Å². The lowest BCUT2D eigenvalue weighted by molar-refractivity contribution is 0.292. The zero-order valence-electron chi connectivity index (χ0n) is 8.26. The van der Waals surface area contributed by atoms with Gasteiger partial charge in [-0.15, -0.1) is 0 Å². The van der Waals surface area contributed by atoms with Crippen LogP contribution in [0.3, 0.4) is 0 Å². The molecule has 1 aliphatic carbocycles. The molecule has 0 aliphatic heterocycles. The summed E-state index contributed by atoms with van der Waals surface area (Å²) in [5.74, 6) is 1.94. The van der Waals surface area contributed by atoms with Crippen molar-refractivity contribution in [3.8, 4) is 11.4 Å². The van der Waals surface area contributed by atoms with Gasteiger partial charge in [-0.1, -0.05) is 11.6 Å². The van der Waals surface area contributed by atoms with Gasteiger partial charge in [-0.3, -0.25) is 4.98 Å². The average Bonchev–Trinajstić information content (AvgIpc) is 2.66. The molecule has 0 amide bonds. The number of nitrogens with zero attached hydrogens (tertiary/aromatic N) is 3. The first-order valence-electron chi connectivity index (χ1n) is 5.17. The molecule has 0 bridgehead atoms. The topological polar surface area (TPSA) is 51.8 Å². The molecule has 0 radical (unpaired) electrons. The van der Waals surface area contributed by atoms with Crippen molar-refractivity contribution in [1.29, 1.82) is 0 Å². The number of rotatable bonds is 2. The van der Waals surface area contributed by atoms with Crippen LogP contribution in [-0.4, -0.2) is 15.1 Å². The third-order valence-electron chi connectivity index (χ3n) is 2.83. The van der Waals surface area contributed by atoms with Gasteiger partial charge in [0.1, 0.15) is 0 Å². The largest absolute Gasteiger partial charge is 0.339 e. The minimum absolute atomic E-state index is 0.494. The van der Waals surface area contributed by atoms with Gasteiger partial charge in [0.2, 0.25) is 11.7 Å². The zero-order chi connectivity index (χ0) is 10.1. The van der Waals surface area contributed by atoms with E-state index in [0.717, 1.165) is 11.5 Å². The van der Waals surface area contributed by atoms with Crippen LogP contribution < -0.4 is 0 Å². The van der Waals surface area contributed by atoms with E-state index in [1.807, 2.05) is 12.1 Å². The molecule has 1 fully saturated rings. The molecule has 76 valence electrons. The molecule has 2 aromatic rings. The molecule has 0 aromatic carbocycles. The second-order valence-electron chi connectivity index (χ2n) is 3.82. The summed E-state index contributed by atoms with van der Waals surface area (Å²) in [5.41, 5.74) is 0.958. The SMILES string of the molecule is c1cc(-c2noc(C3CCC3)n2)ccn1. The van der Waals surface area contributed by atoms with Gasteiger partial charge in [-0.25, -0.2) is 0 Å². The number of aromatic nitrogens is 3. The summed E-state index contributed by atoms with van der Waals surface area (Å²) >= 11 is 0. The first kappa shape index (κ1) is 8.59. The Kier molecular flexibility index (Phi) is 1.98. The standard InChI is InChI=1S/C11H11N3O/c1-2-9(3-1)11-13-10(14-15-11)8-4-6-12-7-5-8/h4-7,9H,1-3H2. The molecule has 0 atom stereocenters. The van der Waals surface area contributed by atoms with Gasteiger partial charge in [0.05, 0.1) is 0 Å². The van der Waals surface area contributed by atoms with Crippen molar-refractivity contribution in [3.05, 3.63) is 30.4 Å². The normalized spacial score (nSPS) is 16.3. The molecule has 4 nitrogen and oxygen atoms in total. The molecule has 0 saturated heterocycles. The molecule has 4 heteroatoms. The highest BCUT2D eigenvalue weighted by molar-refractivity contribution is 5.52. The maximum absolute atomic E-state index is 5.24. The predicted octanol–water partition coefficient (Wildman–Crippen LogP) is 2.40. The molecule has 0 N–H and O–H groups in total. The van der Waals surface area contributed by atoms with Crippen LogP contribution in [0.2, 0.25) is 0 Å². The molecule has 1 saturated carbocycles. The van der Waals surface area contributed by atoms with Gasteiger partial charge in [0, 0.05) is 23.9 Å². The molecule has 2 heterocycles. The minimum Gasteiger partial charge on any atom is -0.339 e. The fraction of sp³-hybridized carbons (Fsp3) is 0.364. The summed E-state index contributed by atoms with van der Waals surface area (Å²) in [4.78, 5) is 8.35. The van der Waals surface area contributed by atoms with Crippen LogP contribution >= 0.6 is 0 Å². The Morgan fingerprint density at radius 1 is 1.20 bits per heavy atom. The van der Waals surface area contributed by atoms with Crippen LogP contribution in [0.4, 0.5) is 0 Å². The molecule has 1 aliphatic rings. The molecule has 0 spiro atoms. The van der Waals surface area contributed by atoms with E-state index in [0.29, 0.717) is 11.7 Å². The van der Waals surface area contributed by atoms with Gasteiger partial charge in [0.25, 0.3) is 0 Å². The molecular formula is C11H11N3O. The maximum Gasteiger partial charge on any atom is 0.230 e. The van der Waals surface area contributed by atoms with Crippen molar-refractivity contribution >= 4 is 0 Å². The van der Waals surface area contributed by atoms with Crippen LogP contribution in [0, 0.1) is 0 Å². The summed E-state index contributed by atoms with van der Waals surface area (Å²) < 4.78 is 5.24. The summed E-state index contributed by atoms with van der Waals surface area (Å²) in [6, 6.07) is 3.77. The number of pyridine rings is 1. The second-order valence-corrected chi connectivity index (χ2v) is 3.82. The third kappa shape index (κ3) is 1.52. The van der Waals surface area contributed by atoms with E-state index in [4.69, 9.17) is 4.52 Å². The summed E-state index contributed by atoms with van der Waals surface area (Å²) in [5, 5.41) is 3.98. The van der Waals surface area contributed by atoms with E-state index in [-0.39, 0.29) is 0 Å². The van der Waals surface area contributed by atoms with Gasteiger partial charge in [-0.2, -0.15) is 4.98 Å². The Bertz CT molecular complexity index is 448. The Hall–Kier alpha value is -1.71. The van der Waals surface area contributed by atoms with Crippen molar-refractivity contribution in [3.63, 3.8) is 0 Å². The molecule has 0 unspecified atom stereocenters. The van der Waals surface area contributed by atoms with Gasteiger partial charge in [-0.05, 0) is 25.0 Å². The highest BCUT2D eigenvalue weighted by Crippen LogP contribution is 2.35. The van der Waals surface area contributed by atoms with E-state index < -0.39 is 0 Å². The summed E-state index contributed by atoms with van der Waals surface area (Å²) in [7, 11) is 0. The minimum atomic E-state index is 0.494. The van der Waals surface area contributed by atoms with Crippen LogP contribution in [0.25, 0.3) is 11.4 Å². The predicted molar refractivity (Wildman–Crippen MR) is 54.1 cm³/mol. The Balaban J connectivity index is 1.90. The summed E-state index contributed by atoms with van der Waals surface area (Å²) in [6.07, 6.45) is 7.09. The highest BCUT2D eigenvalue weighted by Gasteiger charge is 2.25. The van der Waals surface area contributed by atoms with E-state index in [1.165, 1.54) is 19.3 Å². The highest BCUT2D eigenvalue weighted by atomic mass is 16.5. The van der Waals surface area contributed by atoms with Crippen molar-refractivity contribution in [2.75, 3.05) is 0 Å². The second kappa shape index (κ2) is 3.46. The number of hydrogen-bond donors (Lipinski definition) is 0. The summed E-state index contributed by atoms with van der Waals surface area (Å²) in [6.45, 7) is 0. The lowest BCUT2D eigenvalue weighted by atomic mass is 9.85. The monoisotopic (exact) mass is 201 g/mol. The molecule has 2 aromatic heterocycles. The quantitative estimate of drug-likeness (QED) is 0.748. The smallest absolute Gasteiger partial charge is 0.230 e. The van der Waals surface area contributed by atoms with E-state index >= 15 is 0 Å².